The van der Waals surface area contributed by atoms with Gasteiger partial charge in [0, 0.05) is 125 Å². The van der Waals surface area contributed by atoms with Crippen LogP contribution >= 0.6 is 37.0 Å². The average Bonchev–Trinajstić information content (AvgIpc) is 1.72. The van der Waals surface area contributed by atoms with Gasteiger partial charge in [0.1, 0.15) is 179 Å². The maximum Gasteiger partial charge on any atom is 0.133 e. The molecule has 2 N–H and O–H groups in total. The fraction of sp³-hybridized carbons (Fsp3) is 0.538. The van der Waals surface area contributed by atoms with E-state index in [1.165, 1.54) is 0 Å². The predicted octanol–water partition coefficient (Wildman–Crippen LogP) is 14.5. The number of methoxy groups -OCH3 is 2. The van der Waals surface area contributed by atoms with Crippen LogP contribution in [0, 0.1) is 238 Å². The standard InChI is InChI=1S/2C18H24N4O3.2C15H18N4O2.C14H16N4S.2C13H14N4S/c1-14(16(10-19)11-20)18(12-21)15(2)22-5-4-17(13-22)25-9-8-24-7-6-23-3;1-14(16(11-19)12-20)17(13-21)15(2)22-6-4-5-18(22)25-10-9-24-8-7-23-3;1-11(13(7-16)8-17)15(9-18)12(2)19-4-3-14(10-19)21-6-5-20;1-11(13(8-16)9-17)14(10-18)12(2)19-5-3-4-15(19)21-7-6-20;1-10(12(7-15)8-16)13(9-17)11(2)18-6-4-5-14(18)19-3;1-9(11(5-14)6-15)13(7-16)10(2)17-4-3-12(18)8-17;1-9(11(6-14)7-15)12(8-16)10(2)17-5-3-4-13(17)18/h17H,4-9,13H2,1-3H3;18H,4-10H2,1-3H3;14,20H,3-6,10H2,1-2H3;15,20H,3-7H2,1-2H3;14H,4-6H2,1-3H3;12,18H,3-4,8H2,1-2H3;13,18H,3-5H2,1-2H3/b18-15+;17-15+;15-12+;14-12+;13-11+;13-10+;12-10+. The predicted molar refractivity (Wildman–Crippen MR) is 549 cm³/mol. The molecule has 7 saturated heterocycles. The van der Waals surface area contributed by atoms with E-state index in [9.17, 15) is 36.8 Å². The Bertz CT molecular complexity index is 5940. The largest absolute Gasteiger partial charge is 0.394 e. The number of hydrogen-bond donors (Lipinski definition) is 4. The average molecular weight is 2050 g/mol. The molecule has 7 fully saturated rings. The number of nitrogens with zero attached hydrogens (tertiary/aromatic N) is 28. The van der Waals surface area contributed by atoms with E-state index in [2.05, 4.69) is 88.7 Å². The summed E-state index contributed by atoms with van der Waals surface area (Å²) < 4.78 is 43.3. The summed E-state index contributed by atoms with van der Waals surface area (Å²) in [4.78, 5) is 14.3. The second kappa shape index (κ2) is 73.0. The first-order valence-corrected chi connectivity index (χ1v) is 49.3. The van der Waals surface area contributed by atoms with E-state index >= 15 is 0 Å². The highest BCUT2D eigenvalue weighted by Gasteiger charge is 2.34. The van der Waals surface area contributed by atoms with E-state index in [-0.39, 0.29) is 88.9 Å². The first-order chi connectivity index (χ1) is 70.6. The Morgan fingerprint density at radius 2 is 0.517 bits per heavy atom. The van der Waals surface area contributed by atoms with Crippen molar-refractivity contribution in [3.8, 4) is 127 Å². The normalized spacial score (nSPS) is 18.3. The summed E-state index contributed by atoms with van der Waals surface area (Å²) in [5.41, 5.74) is 10.8. The Hall–Kier alpha value is -15.1. The van der Waals surface area contributed by atoms with E-state index in [0.717, 1.165) is 157 Å². The number of hydrogen-bond acceptors (Lipinski definition) is 41. The summed E-state index contributed by atoms with van der Waals surface area (Å²) in [5.74, 6) is 0. The summed E-state index contributed by atoms with van der Waals surface area (Å²) in [6.07, 6.45) is 12.3. The molecule has 770 valence electrons. The van der Waals surface area contributed by atoms with Crippen LogP contribution in [-0.2, 0) is 37.9 Å². The minimum absolute atomic E-state index is 0.00693. The maximum absolute atomic E-state index is 9.49. The highest BCUT2D eigenvalue weighted by Crippen LogP contribution is 2.36. The molecule has 0 saturated carbocycles. The lowest BCUT2D eigenvalue weighted by molar-refractivity contribution is -0.0493. The smallest absolute Gasteiger partial charge is 0.133 e. The molecular weight excluding hydrogens is 1920 g/mol. The summed E-state index contributed by atoms with van der Waals surface area (Å²) in [6.45, 7) is 36.7. The summed E-state index contributed by atoms with van der Waals surface area (Å²) in [6, 6.07) is 40.3. The van der Waals surface area contributed by atoms with Crippen molar-refractivity contribution in [3.63, 3.8) is 0 Å². The van der Waals surface area contributed by atoms with Gasteiger partial charge in [0.05, 0.1) is 141 Å². The number of aliphatic hydroxyl groups excluding tert-OH is 2. The van der Waals surface area contributed by atoms with Gasteiger partial charge >= 0.3 is 0 Å². The molecule has 147 heavy (non-hydrogen) atoms. The molecule has 0 aromatic rings. The topological polar surface area (TPSA) is 637 Å². The Labute approximate surface area is 882 Å². The fourth-order valence-electron chi connectivity index (χ4n) is 16.2. The van der Waals surface area contributed by atoms with Gasteiger partial charge in [0.2, 0.25) is 0 Å². The molecule has 0 aromatic heterocycles. The molecule has 0 radical (unpaired) electrons. The second-order valence-corrected chi connectivity index (χ2v) is 35.6. The number of thioether (sulfide) groups is 1. The number of ether oxygens (including phenoxy) is 8. The Kier molecular flexibility index (Phi) is 64.5. The fourth-order valence-corrected chi connectivity index (χ4v) is 17.9. The second-order valence-electron chi connectivity index (χ2n) is 33.2. The van der Waals surface area contributed by atoms with Gasteiger partial charge in [-0.3, -0.25) is 0 Å². The van der Waals surface area contributed by atoms with Gasteiger partial charge in [-0.2, -0.15) is 136 Å². The first-order valence-electron chi connectivity index (χ1n) is 47.0. The van der Waals surface area contributed by atoms with E-state index in [1.807, 2.05) is 146 Å². The highest BCUT2D eigenvalue weighted by molar-refractivity contribution is 7.99. The van der Waals surface area contributed by atoms with Crippen molar-refractivity contribution in [1.29, 1.82) is 110 Å². The monoisotopic (exact) mass is 2050 g/mol. The molecule has 7 unspecified atom stereocenters. The van der Waals surface area contributed by atoms with Crippen molar-refractivity contribution in [3.05, 3.63) is 157 Å². The van der Waals surface area contributed by atoms with Crippen LogP contribution < -0.4 is 0 Å². The van der Waals surface area contributed by atoms with Crippen molar-refractivity contribution in [2.45, 2.75) is 208 Å². The molecule has 0 spiro atoms. The number of likely N-dealkylation sites (tertiary alicyclic amines) is 7. The lowest BCUT2D eigenvalue weighted by Crippen LogP contribution is -2.32. The molecule has 7 rings (SSSR count). The van der Waals surface area contributed by atoms with Gasteiger partial charge in [-0.15, -0.1) is 11.8 Å². The van der Waals surface area contributed by atoms with Crippen LogP contribution in [0.25, 0.3) is 0 Å². The maximum atomic E-state index is 9.49. The molecule has 7 aliphatic heterocycles. The van der Waals surface area contributed by atoms with Crippen molar-refractivity contribution >= 4 is 37.0 Å². The molecular formula is C106H128N28O10S3. The number of aliphatic hydroxyl groups is 2. The van der Waals surface area contributed by atoms with Gasteiger partial charge in [-0.1, -0.05) is 0 Å². The van der Waals surface area contributed by atoms with E-state index in [4.69, 9.17) is 122 Å². The molecule has 0 bridgehead atoms. The molecule has 41 heteroatoms. The zero-order valence-electron chi connectivity index (χ0n) is 86.9. The van der Waals surface area contributed by atoms with Crippen LogP contribution in [0.1, 0.15) is 168 Å². The van der Waals surface area contributed by atoms with Gasteiger partial charge in [-0.05, 0) is 213 Å². The van der Waals surface area contributed by atoms with Crippen LogP contribution in [0.3, 0.4) is 0 Å². The zero-order chi connectivity index (χ0) is 111. The molecule has 0 aromatic carbocycles. The molecule has 0 aliphatic carbocycles. The van der Waals surface area contributed by atoms with E-state index in [1.54, 1.807) is 81.4 Å². The molecule has 7 atom stereocenters. The Balaban J connectivity index is 0.000000860. The summed E-state index contributed by atoms with van der Waals surface area (Å²) in [5, 5.41) is 209. The highest BCUT2D eigenvalue weighted by atomic mass is 32.2. The van der Waals surface area contributed by atoms with Gasteiger partial charge in [0.15, 0.2) is 0 Å². The molecule has 7 heterocycles. The van der Waals surface area contributed by atoms with Crippen LogP contribution in [0.4, 0.5) is 0 Å². The van der Waals surface area contributed by atoms with Crippen LogP contribution in [0.2, 0.25) is 0 Å². The van der Waals surface area contributed by atoms with Gasteiger partial charge in [0.25, 0.3) is 0 Å². The van der Waals surface area contributed by atoms with E-state index < -0.39 is 0 Å². The lowest BCUT2D eigenvalue weighted by atomic mass is 10.0. The van der Waals surface area contributed by atoms with Gasteiger partial charge < -0.3 is 82.4 Å². The van der Waals surface area contributed by atoms with Crippen molar-refractivity contribution in [1.82, 2.24) is 34.3 Å². The third kappa shape index (κ3) is 40.4. The van der Waals surface area contributed by atoms with E-state index in [0.29, 0.717) is 167 Å². The van der Waals surface area contributed by atoms with Crippen LogP contribution in [-0.4, -0.2) is 250 Å². The molecule has 7 aliphatic rings. The molecule has 0 amide bonds. The number of allylic oxidation sites excluding steroid dienone is 28. The van der Waals surface area contributed by atoms with Crippen LogP contribution in [0.5, 0.6) is 0 Å². The summed E-state index contributed by atoms with van der Waals surface area (Å²) >= 11 is 10.6. The minimum Gasteiger partial charge on any atom is -0.394 e. The van der Waals surface area contributed by atoms with Crippen molar-refractivity contribution < 1.29 is 48.1 Å². The Morgan fingerprint density at radius 1 is 0.272 bits per heavy atom. The quantitative estimate of drug-likeness (QED) is 0.0198. The zero-order valence-corrected chi connectivity index (χ0v) is 89.5. The third-order valence-corrected chi connectivity index (χ3v) is 26.6. The van der Waals surface area contributed by atoms with Gasteiger partial charge in [-0.25, -0.2) is 0 Å². The van der Waals surface area contributed by atoms with Crippen molar-refractivity contribution in [2.75, 3.05) is 165 Å². The summed E-state index contributed by atoms with van der Waals surface area (Å²) in [7, 11) is 3.25. The number of thiol groups is 2. The number of rotatable bonds is 35. The van der Waals surface area contributed by atoms with Crippen molar-refractivity contribution in [2.24, 2.45) is 0 Å². The third-order valence-electron chi connectivity index (χ3n) is 24.6. The number of nitriles is 21. The van der Waals surface area contributed by atoms with Crippen LogP contribution in [0.15, 0.2) is 157 Å². The Morgan fingerprint density at radius 3 is 0.796 bits per heavy atom. The molecule has 38 nitrogen and oxygen atoms in total. The first kappa shape index (κ1) is 130. The SMILES string of the molecule is CC(=C(C#N)C#N)/C(C#N)=C(\C)N1CCC(OCCO)C1.CC(=C(C#N)C#N)/C(C#N)=C(\C)N1CCC(S)C1.CC(=C(C#N)C#N)/C(C#N)=C(\C)N1CCCC1OCCO.CC(=C(C#N)C#N)/C(C#N)=C(\C)N1CCCC1S.COCCOCCOC1CCCN1/C(C)=C(\C#N)C(C)=C(C#N)C#N.COCCOCCOC1CCN(/C(C)=C(\C#N)C(C)=C(C#N)C#N)C1.CSC1CCCN1/C(C)=C(\C#N)C(C)=C(C#N)C#N. The lowest BCUT2D eigenvalue weighted by Gasteiger charge is -2.28. The minimum atomic E-state index is -0.180.